The maximum atomic E-state index is 13.0. The van der Waals surface area contributed by atoms with Crippen LogP contribution in [-0.2, 0) is 21.6 Å². The molecule has 1 amide bonds. The normalized spacial score (nSPS) is 20.3. The van der Waals surface area contributed by atoms with E-state index in [9.17, 15) is 4.79 Å². The molecule has 2 aromatic carbocycles. The van der Waals surface area contributed by atoms with Gasteiger partial charge in [0, 0.05) is 24.3 Å². The SMILES string of the molecule is CC1(c2ccccc2)CN(C(=O)Cc2cncc3ccccc23)CCO1. The Hall–Kier alpha value is -2.72. The molecule has 1 unspecified atom stereocenters. The fourth-order valence-corrected chi connectivity index (χ4v) is 3.64. The van der Waals surface area contributed by atoms with Crippen LogP contribution in [0.25, 0.3) is 10.8 Å². The van der Waals surface area contributed by atoms with Crippen LogP contribution in [0.4, 0.5) is 0 Å². The standard InChI is InChI=1S/C22H22N2O2/c1-22(19-8-3-2-4-9-19)16-24(11-12-26-22)21(25)13-18-15-23-14-17-7-5-6-10-20(17)18/h2-10,14-15H,11-13,16H2,1H3. The summed E-state index contributed by atoms with van der Waals surface area (Å²) in [6, 6.07) is 18.2. The minimum atomic E-state index is -0.466. The number of carbonyl (C=O) groups is 1. The molecule has 4 rings (SSSR count). The quantitative estimate of drug-likeness (QED) is 0.728. The van der Waals surface area contributed by atoms with E-state index in [0.29, 0.717) is 26.1 Å². The molecule has 0 N–H and O–H groups in total. The lowest BCUT2D eigenvalue weighted by molar-refractivity contribution is -0.149. The molecule has 0 radical (unpaired) electrons. The molecule has 132 valence electrons. The number of amides is 1. The van der Waals surface area contributed by atoms with E-state index < -0.39 is 5.60 Å². The summed E-state index contributed by atoms with van der Waals surface area (Å²) in [7, 11) is 0. The van der Waals surface area contributed by atoms with Gasteiger partial charge in [0.2, 0.25) is 5.91 Å². The maximum absolute atomic E-state index is 13.0. The van der Waals surface area contributed by atoms with Gasteiger partial charge in [-0.25, -0.2) is 0 Å². The van der Waals surface area contributed by atoms with Crippen molar-refractivity contribution in [2.24, 2.45) is 0 Å². The number of ether oxygens (including phenoxy) is 1. The topological polar surface area (TPSA) is 42.4 Å². The van der Waals surface area contributed by atoms with Gasteiger partial charge in [0.25, 0.3) is 0 Å². The zero-order valence-corrected chi connectivity index (χ0v) is 14.9. The van der Waals surface area contributed by atoms with Crippen LogP contribution in [0.15, 0.2) is 67.0 Å². The summed E-state index contributed by atoms with van der Waals surface area (Å²) in [5.74, 6) is 0.119. The first-order valence-corrected chi connectivity index (χ1v) is 8.95. The fourth-order valence-electron chi connectivity index (χ4n) is 3.64. The number of rotatable bonds is 3. The average molecular weight is 346 g/mol. The highest BCUT2D eigenvalue weighted by Crippen LogP contribution is 2.29. The van der Waals surface area contributed by atoms with Crippen LogP contribution >= 0.6 is 0 Å². The van der Waals surface area contributed by atoms with Gasteiger partial charge >= 0.3 is 0 Å². The van der Waals surface area contributed by atoms with Crippen LogP contribution in [-0.4, -0.2) is 35.5 Å². The first-order chi connectivity index (χ1) is 12.7. The fraction of sp³-hybridized carbons (Fsp3) is 0.273. The molecule has 4 nitrogen and oxygen atoms in total. The Morgan fingerprint density at radius 3 is 2.73 bits per heavy atom. The molecule has 1 aliphatic heterocycles. The summed E-state index contributed by atoms with van der Waals surface area (Å²) in [5.41, 5.74) is 1.61. The van der Waals surface area contributed by atoms with E-state index in [0.717, 1.165) is 21.9 Å². The van der Waals surface area contributed by atoms with Crippen LogP contribution in [0.5, 0.6) is 0 Å². The second kappa shape index (κ2) is 6.89. The molecule has 0 spiro atoms. The number of pyridine rings is 1. The molecule has 0 bridgehead atoms. The number of hydrogen-bond donors (Lipinski definition) is 0. The van der Waals surface area contributed by atoms with E-state index in [4.69, 9.17) is 4.74 Å². The first-order valence-electron chi connectivity index (χ1n) is 8.95. The maximum Gasteiger partial charge on any atom is 0.227 e. The van der Waals surface area contributed by atoms with Crippen LogP contribution in [0.1, 0.15) is 18.1 Å². The van der Waals surface area contributed by atoms with Crippen molar-refractivity contribution in [3.05, 3.63) is 78.1 Å². The summed E-state index contributed by atoms with van der Waals surface area (Å²) < 4.78 is 6.05. The Bertz CT molecular complexity index is 920. The number of aromatic nitrogens is 1. The van der Waals surface area contributed by atoms with Gasteiger partial charge in [0.15, 0.2) is 0 Å². The third-order valence-electron chi connectivity index (χ3n) is 5.10. The van der Waals surface area contributed by atoms with Crippen molar-refractivity contribution in [3.63, 3.8) is 0 Å². The molecule has 4 heteroatoms. The van der Waals surface area contributed by atoms with Crippen LogP contribution in [0.3, 0.4) is 0 Å². The van der Waals surface area contributed by atoms with Crippen molar-refractivity contribution in [3.8, 4) is 0 Å². The predicted molar refractivity (Wildman–Crippen MR) is 102 cm³/mol. The third kappa shape index (κ3) is 3.20. The Morgan fingerprint density at radius 1 is 1.12 bits per heavy atom. The Balaban J connectivity index is 1.55. The highest BCUT2D eigenvalue weighted by atomic mass is 16.5. The molecule has 2 heterocycles. The van der Waals surface area contributed by atoms with Crippen molar-refractivity contribution in [2.75, 3.05) is 19.7 Å². The molecule has 1 aliphatic rings. The number of fused-ring (bicyclic) bond motifs is 1. The number of morpholine rings is 1. The monoisotopic (exact) mass is 346 g/mol. The van der Waals surface area contributed by atoms with Gasteiger partial charge in [-0.2, -0.15) is 0 Å². The van der Waals surface area contributed by atoms with Crippen LogP contribution < -0.4 is 0 Å². The summed E-state index contributed by atoms with van der Waals surface area (Å²) >= 11 is 0. The molecular weight excluding hydrogens is 324 g/mol. The van der Waals surface area contributed by atoms with Gasteiger partial charge in [-0.05, 0) is 23.4 Å². The van der Waals surface area contributed by atoms with E-state index in [1.54, 1.807) is 6.20 Å². The minimum Gasteiger partial charge on any atom is -0.367 e. The number of benzene rings is 2. The molecule has 0 saturated carbocycles. The lowest BCUT2D eigenvalue weighted by Gasteiger charge is -2.41. The van der Waals surface area contributed by atoms with E-state index in [-0.39, 0.29) is 5.91 Å². The zero-order chi connectivity index (χ0) is 18.0. The summed E-state index contributed by atoms with van der Waals surface area (Å²) in [5, 5.41) is 2.16. The van der Waals surface area contributed by atoms with Gasteiger partial charge in [0.05, 0.1) is 19.6 Å². The molecule has 1 fully saturated rings. The third-order valence-corrected chi connectivity index (χ3v) is 5.10. The lowest BCUT2D eigenvalue weighted by atomic mass is 9.93. The molecular formula is C22H22N2O2. The van der Waals surface area contributed by atoms with Gasteiger partial charge in [-0.1, -0.05) is 54.6 Å². The highest BCUT2D eigenvalue weighted by molar-refractivity contribution is 5.89. The van der Waals surface area contributed by atoms with Gasteiger partial charge in [-0.3, -0.25) is 9.78 Å². The summed E-state index contributed by atoms with van der Waals surface area (Å²) in [4.78, 5) is 19.2. The van der Waals surface area contributed by atoms with Gasteiger partial charge < -0.3 is 9.64 Å². The van der Waals surface area contributed by atoms with Crippen molar-refractivity contribution in [1.82, 2.24) is 9.88 Å². The number of nitrogens with zero attached hydrogens (tertiary/aromatic N) is 2. The Kier molecular flexibility index (Phi) is 4.43. The van der Waals surface area contributed by atoms with E-state index in [1.807, 2.05) is 53.6 Å². The Morgan fingerprint density at radius 2 is 1.88 bits per heavy atom. The van der Waals surface area contributed by atoms with Crippen LogP contribution in [0.2, 0.25) is 0 Å². The van der Waals surface area contributed by atoms with Crippen molar-refractivity contribution < 1.29 is 9.53 Å². The second-order valence-electron chi connectivity index (χ2n) is 6.96. The van der Waals surface area contributed by atoms with E-state index in [2.05, 4.69) is 24.0 Å². The summed E-state index contributed by atoms with van der Waals surface area (Å²) in [6.45, 7) is 3.79. The highest BCUT2D eigenvalue weighted by Gasteiger charge is 2.35. The molecule has 0 aliphatic carbocycles. The largest absolute Gasteiger partial charge is 0.367 e. The molecule has 26 heavy (non-hydrogen) atoms. The lowest BCUT2D eigenvalue weighted by Crippen LogP contribution is -2.50. The molecule has 1 saturated heterocycles. The number of carbonyl (C=O) groups excluding carboxylic acids is 1. The molecule has 1 aromatic heterocycles. The number of hydrogen-bond acceptors (Lipinski definition) is 3. The molecule has 1 atom stereocenters. The first kappa shape index (κ1) is 16.7. The predicted octanol–water partition coefficient (Wildman–Crippen LogP) is 3.55. The Labute approximate surface area is 153 Å². The van der Waals surface area contributed by atoms with Gasteiger partial charge in [-0.15, -0.1) is 0 Å². The van der Waals surface area contributed by atoms with Crippen molar-refractivity contribution >= 4 is 16.7 Å². The summed E-state index contributed by atoms with van der Waals surface area (Å²) in [6.07, 6.45) is 4.00. The minimum absolute atomic E-state index is 0.119. The smallest absolute Gasteiger partial charge is 0.227 e. The van der Waals surface area contributed by atoms with Crippen molar-refractivity contribution in [2.45, 2.75) is 18.9 Å². The molecule has 3 aromatic rings. The van der Waals surface area contributed by atoms with Crippen molar-refractivity contribution in [1.29, 1.82) is 0 Å². The van der Waals surface area contributed by atoms with Gasteiger partial charge in [0.1, 0.15) is 5.60 Å². The van der Waals surface area contributed by atoms with E-state index >= 15 is 0 Å². The zero-order valence-electron chi connectivity index (χ0n) is 14.9. The van der Waals surface area contributed by atoms with E-state index in [1.165, 1.54) is 0 Å². The van der Waals surface area contributed by atoms with Crippen LogP contribution in [0, 0.1) is 0 Å². The second-order valence-corrected chi connectivity index (χ2v) is 6.96. The average Bonchev–Trinajstić information content (AvgIpc) is 2.69.